The molecule has 1 rings (SSSR count). The maximum Gasteiger partial charge on any atom is 0.329 e. The van der Waals surface area contributed by atoms with Crippen LogP contribution >= 0.6 is 11.6 Å². The van der Waals surface area contributed by atoms with E-state index in [1.54, 1.807) is 39.0 Å². The third-order valence-electron chi connectivity index (χ3n) is 2.99. The molecule has 0 spiro atoms. The van der Waals surface area contributed by atoms with Gasteiger partial charge in [-0.25, -0.2) is 13.2 Å². The third-order valence-corrected chi connectivity index (χ3v) is 4.40. The van der Waals surface area contributed by atoms with Crippen molar-refractivity contribution in [1.82, 2.24) is 0 Å². The number of esters is 1. The van der Waals surface area contributed by atoms with Crippen molar-refractivity contribution in [1.29, 1.82) is 0 Å². The van der Waals surface area contributed by atoms with Crippen molar-refractivity contribution in [3.8, 4) is 0 Å². The van der Waals surface area contributed by atoms with E-state index in [4.69, 9.17) is 16.3 Å². The fourth-order valence-electron chi connectivity index (χ4n) is 2.06. The Morgan fingerprint density at radius 3 is 2.48 bits per heavy atom. The quantitative estimate of drug-likeness (QED) is 0.751. The molecule has 1 aromatic rings. The highest BCUT2D eigenvalue weighted by molar-refractivity contribution is 7.92. The summed E-state index contributed by atoms with van der Waals surface area (Å²) in [5.41, 5.74) is 1.11. The molecule has 1 aromatic carbocycles. The highest BCUT2D eigenvalue weighted by Gasteiger charge is 2.33. The minimum absolute atomic E-state index is 0.196. The number of carbonyl (C=O) groups is 1. The lowest BCUT2D eigenvalue weighted by Gasteiger charge is -2.30. The van der Waals surface area contributed by atoms with E-state index in [2.05, 4.69) is 0 Å². The zero-order valence-electron chi connectivity index (χ0n) is 12.6. The molecule has 0 heterocycles. The summed E-state index contributed by atoms with van der Waals surface area (Å²) in [5.74, 6) is -0.565. The van der Waals surface area contributed by atoms with E-state index in [0.29, 0.717) is 22.7 Å². The average Bonchev–Trinajstić information content (AvgIpc) is 2.37. The molecule has 0 radical (unpaired) electrons. The van der Waals surface area contributed by atoms with Gasteiger partial charge in [-0.1, -0.05) is 24.6 Å². The molecule has 0 N–H and O–H groups in total. The molecule has 0 saturated heterocycles. The summed E-state index contributed by atoms with van der Waals surface area (Å²) in [7, 11) is -3.66. The van der Waals surface area contributed by atoms with E-state index in [1.165, 1.54) is 0 Å². The summed E-state index contributed by atoms with van der Waals surface area (Å²) in [6.45, 7) is 5.38. The molecule has 1 atom stereocenters. The van der Waals surface area contributed by atoms with Crippen molar-refractivity contribution in [2.24, 2.45) is 0 Å². The lowest BCUT2D eigenvalue weighted by molar-refractivity contribution is -0.144. The summed E-state index contributed by atoms with van der Waals surface area (Å²) in [6, 6.07) is 4.02. The summed E-state index contributed by atoms with van der Waals surface area (Å²) in [6.07, 6.45) is 1.37. The summed E-state index contributed by atoms with van der Waals surface area (Å²) in [5, 5.41) is 0.406. The van der Waals surface area contributed by atoms with Gasteiger partial charge < -0.3 is 4.74 Å². The Morgan fingerprint density at radius 2 is 2.00 bits per heavy atom. The highest BCUT2D eigenvalue weighted by atomic mass is 35.5. The summed E-state index contributed by atoms with van der Waals surface area (Å²) in [4.78, 5) is 12.1. The number of aryl methyl sites for hydroxylation is 1. The van der Waals surface area contributed by atoms with Gasteiger partial charge in [-0.05, 0) is 38.0 Å². The Labute approximate surface area is 130 Å². The molecule has 0 aliphatic heterocycles. The van der Waals surface area contributed by atoms with E-state index in [1.807, 2.05) is 0 Å². The number of ether oxygens (including phenoxy) is 1. The number of nitrogens with zero attached hydrogens (tertiary/aromatic N) is 1. The van der Waals surface area contributed by atoms with Crippen LogP contribution in [0.5, 0.6) is 0 Å². The molecule has 7 heteroatoms. The predicted octanol–water partition coefficient (Wildman–Crippen LogP) is 2.76. The second kappa shape index (κ2) is 7.13. The Kier molecular flexibility index (Phi) is 6.04. The third kappa shape index (κ3) is 4.35. The zero-order valence-corrected chi connectivity index (χ0v) is 14.2. The normalized spacial score (nSPS) is 12.8. The molecule has 5 nitrogen and oxygen atoms in total. The standard InChI is InChI=1S/C14H20ClNO4S/c1-5-12(14(17)20-6-2)16(21(4,18)19)13-9-11(15)8-7-10(13)3/h7-9,12H,5-6H2,1-4H3/t12-/m0/s1. The molecule has 0 fully saturated rings. The molecule has 0 amide bonds. The van der Waals surface area contributed by atoms with Gasteiger partial charge in [-0.3, -0.25) is 4.31 Å². The fourth-order valence-corrected chi connectivity index (χ4v) is 3.48. The van der Waals surface area contributed by atoms with Crippen LogP contribution in [0.15, 0.2) is 18.2 Å². The summed E-state index contributed by atoms with van der Waals surface area (Å²) >= 11 is 5.96. The minimum atomic E-state index is -3.66. The molecule has 118 valence electrons. The van der Waals surface area contributed by atoms with Crippen molar-refractivity contribution in [3.05, 3.63) is 28.8 Å². The minimum Gasteiger partial charge on any atom is -0.464 e. The average molecular weight is 334 g/mol. The smallest absolute Gasteiger partial charge is 0.329 e. The van der Waals surface area contributed by atoms with E-state index in [-0.39, 0.29) is 6.61 Å². The van der Waals surface area contributed by atoms with Gasteiger partial charge in [0.25, 0.3) is 0 Å². The van der Waals surface area contributed by atoms with Crippen LogP contribution in [0.2, 0.25) is 5.02 Å². The van der Waals surface area contributed by atoms with Crippen LogP contribution < -0.4 is 4.31 Å². The van der Waals surface area contributed by atoms with Crippen molar-refractivity contribution >= 4 is 33.3 Å². The van der Waals surface area contributed by atoms with Gasteiger partial charge in [0.1, 0.15) is 6.04 Å². The molecule has 0 aromatic heterocycles. The van der Waals surface area contributed by atoms with Crippen LogP contribution in [-0.2, 0) is 19.6 Å². The lowest BCUT2D eigenvalue weighted by atomic mass is 10.1. The van der Waals surface area contributed by atoms with E-state index in [0.717, 1.165) is 10.6 Å². The highest BCUT2D eigenvalue weighted by Crippen LogP contribution is 2.29. The van der Waals surface area contributed by atoms with Gasteiger partial charge in [0.05, 0.1) is 18.6 Å². The maximum absolute atomic E-state index is 12.2. The molecule has 0 aliphatic carbocycles. The Morgan fingerprint density at radius 1 is 1.38 bits per heavy atom. The zero-order chi connectivity index (χ0) is 16.2. The lowest BCUT2D eigenvalue weighted by Crippen LogP contribution is -2.45. The number of halogens is 1. The first kappa shape index (κ1) is 17.8. The van der Waals surface area contributed by atoms with Crippen LogP contribution in [-0.4, -0.2) is 33.3 Å². The van der Waals surface area contributed by atoms with Crippen molar-refractivity contribution in [2.45, 2.75) is 33.2 Å². The van der Waals surface area contributed by atoms with Gasteiger partial charge in [-0.15, -0.1) is 0 Å². The summed E-state index contributed by atoms with van der Waals surface area (Å²) < 4.78 is 30.4. The van der Waals surface area contributed by atoms with Crippen molar-refractivity contribution in [3.63, 3.8) is 0 Å². The van der Waals surface area contributed by atoms with Gasteiger partial charge in [-0.2, -0.15) is 0 Å². The number of hydrogen-bond acceptors (Lipinski definition) is 4. The monoisotopic (exact) mass is 333 g/mol. The Bertz CT molecular complexity index is 615. The van der Waals surface area contributed by atoms with Crippen LogP contribution in [0, 0.1) is 6.92 Å². The van der Waals surface area contributed by atoms with E-state index < -0.39 is 22.0 Å². The van der Waals surface area contributed by atoms with Crippen molar-refractivity contribution < 1.29 is 17.9 Å². The first-order chi connectivity index (χ1) is 9.72. The second-order valence-corrected chi connectivity index (χ2v) is 6.96. The predicted molar refractivity (Wildman–Crippen MR) is 84.2 cm³/mol. The number of benzene rings is 1. The van der Waals surface area contributed by atoms with Crippen molar-refractivity contribution in [2.75, 3.05) is 17.2 Å². The van der Waals surface area contributed by atoms with Crippen LogP contribution in [0.4, 0.5) is 5.69 Å². The van der Waals surface area contributed by atoms with Crippen LogP contribution in [0.3, 0.4) is 0 Å². The number of anilines is 1. The molecule has 0 bridgehead atoms. The second-order valence-electron chi connectivity index (χ2n) is 4.67. The van der Waals surface area contributed by atoms with Gasteiger partial charge >= 0.3 is 5.97 Å². The van der Waals surface area contributed by atoms with Gasteiger partial charge in [0.2, 0.25) is 10.0 Å². The Balaban J connectivity index is 3.42. The van der Waals surface area contributed by atoms with Gasteiger partial charge in [0, 0.05) is 5.02 Å². The van der Waals surface area contributed by atoms with E-state index in [9.17, 15) is 13.2 Å². The van der Waals surface area contributed by atoms with E-state index >= 15 is 0 Å². The molecular weight excluding hydrogens is 314 g/mol. The molecular formula is C14H20ClNO4S. The maximum atomic E-state index is 12.2. The number of carbonyl (C=O) groups excluding carboxylic acids is 1. The molecule has 0 aliphatic rings. The van der Waals surface area contributed by atoms with Crippen LogP contribution in [0.1, 0.15) is 25.8 Å². The SMILES string of the molecule is CCOC(=O)[C@H](CC)N(c1cc(Cl)ccc1C)S(C)(=O)=O. The fraction of sp³-hybridized carbons (Fsp3) is 0.500. The number of sulfonamides is 1. The first-order valence-electron chi connectivity index (χ1n) is 6.64. The number of rotatable bonds is 6. The first-order valence-corrected chi connectivity index (χ1v) is 8.87. The molecule has 0 saturated carbocycles. The molecule has 21 heavy (non-hydrogen) atoms. The van der Waals surface area contributed by atoms with Gasteiger partial charge in [0.15, 0.2) is 0 Å². The molecule has 0 unspecified atom stereocenters. The number of hydrogen-bond donors (Lipinski definition) is 0. The Hall–Kier alpha value is -1.27. The topological polar surface area (TPSA) is 63.7 Å². The van der Waals surface area contributed by atoms with Crippen LogP contribution in [0.25, 0.3) is 0 Å². The largest absolute Gasteiger partial charge is 0.464 e.